The highest BCUT2D eigenvalue weighted by atomic mass is 32.1. The molecular formula is C19H22N4OS. The van der Waals surface area contributed by atoms with Crippen molar-refractivity contribution in [1.29, 1.82) is 0 Å². The summed E-state index contributed by atoms with van der Waals surface area (Å²) in [7, 11) is 0. The van der Waals surface area contributed by atoms with Gasteiger partial charge in [-0.05, 0) is 37.3 Å². The molecule has 1 aliphatic rings. The van der Waals surface area contributed by atoms with Crippen LogP contribution in [-0.4, -0.2) is 20.7 Å². The summed E-state index contributed by atoms with van der Waals surface area (Å²) in [5.74, 6) is 0.461. The van der Waals surface area contributed by atoms with Crippen molar-refractivity contribution in [3.05, 3.63) is 41.0 Å². The molecule has 25 heavy (non-hydrogen) atoms. The van der Waals surface area contributed by atoms with Crippen LogP contribution in [-0.2, 0) is 11.3 Å². The Morgan fingerprint density at radius 1 is 1.24 bits per heavy atom. The fourth-order valence-corrected chi connectivity index (χ4v) is 4.59. The Hall–Kier alpha value is -2.21. The lowest BCUT2D eigenvalue weighted by molar-refractivity contribution is -0.116. The van der Waals surface area contributed by atoms with Crippen LogP contribution in [0.4, 0.5) is 5.13 Å². The van der Waals surface area contributed by atoms with E-state index in [1.54, 1.807) is 0 Å². The maximum Gasteiger partial charge on any atom is 0.246 e. The largest absolute Gasteiger partial charge is 0.335 e. The smallest absolute Gasteiger partial charge is 0.246 e. The van der Waals surface area contributed by atoms with E-state index < -0.39 is 0 Å². The van der Waals surface area contributed by atoms with E-state index in [4.69, 9.17) is 0 Å². The van der Waals surface area contributed by atoms with Crippen LogP contribution in [0.1, 0.15) is 48.7 Å². The summed E-state index contributed by atoms with van der Waals surface area (Å²) >= 11 is 1.52. The number of aryl methyl sites for hydroxylation is 1. The van der Waals surface area contributed by atoms with Crippen molar-refractivity contribution < 1.29 is 4.79 Å². The molecule has 0 unspecified atom stereocenters. The van der Waals surface area contributed by atoms with E-state index in [0.717, 1.165) is 21.6 Å². The number of nitrogens with zero attached hydrogens (tertiary/aromatic N) is 3. The van der Waals surface area contributed by atoms with Gasteiger partial charge in [-0.25, -0.2) is 0 Å². The molecule has 130 valence electrons. The van der Waals surface area contributed by atoms with Crippen molar-refractivity contribution in [2.24, 2.45) is 0 Å². The van der Waals surface area contributed by atoms with Gasteiger partial charge in [-0.1, -0.05) is 48.8 Å². The molecule has 3 aromatic rings. The third-order valence-electron chi connectivity index (χ3n) is 4.96. The molecular weight excluding hydrogens is 332 g/mol. The third kappa shape index (κ3) is 3.44. The van der Waals surface area contributed by atoms with Gasteiger partial charge in [-0.3, -0.25) is 10.1 Å². The fourth-order valence-electron chi connectivity index (χ4n) is 3.66. The van der Waals surface area contributed by atoms with Crippen LogP contribution in [0, 0.1) is 6.92 Å². The quantitative estimate of drug-likeness (QED) is 0.751. The van der Waals surface area contributed by atoms with Gasteiger partial charge >= 0.3 is 0 Å². The monoisotopic (exact) mass is 354 g/mol. The number of amides is 1. The summed E-state index contributed by atoms with van der Waals surface area (Å²) in [6.45, 7) is 2.32. The molecule has 1 aliphatic carbocycles. The average molecular weight is 354 g/mol. The van der Waals surface area contributed by atoms with Crippen molar-refractivity contribution in [3.63, 3.8) is 0 Å². The normalized spacial score (nSPS) is 15.6. The Labute approximate surface area is 151 Å². The van der Waals surface area contributed by atoms with Gasteiger partial charge in [0.15, 0.2) is 0 Å². The van der Waals surface area contributed by atoms with E-state index in [2.05, 4.69) is 27.6 Å². The lowest BCUT2D eigenvalue weighted by Gasteiger charge is -2.18. The van der Waals surface area contributed by atoms with E-state index in [1.165, 1.54) is 43.4 Å². The van der Waals surface area contributed by atoms with Crippen LogP contribution in [0.15, 0.2) is 30.3 Å². The first-order chi connectivity index (χ1) is 12.2. The van der Waals surface area contributed by atoms with Crippen molar-refractivity contribution >= 4 is 33.3 Å². The molecule has 1 amide bonds. The Bertz CT molecular complexity index is 892. The van der Waals surface area contributed by atoms with Gasteiger partial charge in [-0.2, -0.15) is 0 Å². The molecule has 1 aromatic carbocycles. The zero-order valence-electron chi connectivity index (χ0n) is 14.4. The van der Waals surface area contributed by atoms with Crippen LogP contribution in [0.2, 0.25) is 0 Å². The summed E-state index contributed by atoms with van der Waals surface area (Å²) < 4.78 is 2.04. The summed E-state index contributed by atoms with van der Waals surface area (Å²) in [6, 6.07) is 10.2. The molecule has 1 N–H and O–H groups in total. The van der Waals surface area contributed by atoms with Gasteiger partial charge in [0.2, 0.25) is 11.0 Å². The maximum absolute atomic E-state index is 12.5. The highest BCUT2D eigenvalue weighted by molar-refractivity contribution is 7.15. The number of hydrogen-bond donors (Lipinski definition) is 1. The predicted octanol–water partition coefficient (Wildman–Crippen LogP) is 4.49. The van der Waals surface area contributed by atoms with Crippen molar-refractivity contribution in [3.8, 4) is 0 Å². The van der Waals surface area contributed by atoms with E-state index in [9.17, 15) is 4.79 Å². The molecule has 6 heteroatoms. The first kappa shape index (κ1) is 16.3. The molecule has 0 saturated heterocycles. The second-order valence-corrected chi connectivity index (χ2v) is 7.77. The van der Waals surface area contributed by atoms with Crippen molar-refractivity contribution in [1.82, 2.24) is 14.8 Å². The minimum Gasteiger partial charge on any atom is -0.335 e. The fraction of sp³-hybridized carbons (Fsp3) is 0.421. The molecule has 0 bridgehead atoms. The standard InChI is InChI=1S/C19H22N4OS/c1-13-11-15-9-5-6-10-16(15)23(13)12-17(24)20-19-22-21-18(25-19)14-7-3-2-4-8-14/h5-6,9-11,14H,2-4,7-8,12H2,1H3,(H,20,22,24). The highest BCUT2D eigenvalue weighted by Gasteiger charge is 2.20. The number of aromatic nitrogens is 3. The average Bonchev–Trinajstić information content (AvgIpc) is 3.21. The van der Waals surface area contributed by atoms with Crippen molar-refractivity contribution in [2.45, 2.75) is 51.5 Å². The molecule has 0 aliphatic heterocycles. The van der Waals surface area contributed by atoms with Crippen LogP contribution in [0.25, 0.3) is 10.9 Å². The molecule has 2 heterocycles. The van der Waals surface area contributed by atoms with E-state index in [0.29, 0.717) is 11.0 Å². The Balaban J connectivity index is 1.45. The molecule has 1 saturated carbocycles. The minimum absolute atomic E-state index is 0.0594. The van der Waals surface area contributed by atoms with Gasteiger partial charge in [0.25, 0.3) is 0 Å². The Kier molecular flexibility index (Phi) is 4.53. The molecule has 4 rings (SSSR count). The molecule has 2 aromatic heterocycles. The number of nitrogens with one attached hydrogen (secondary N) is 1. The zero-order chi connectivity index (χ0) is 17.2. The maximum atomic E-state index is 12.5. The second kappa shape index (κ2) is 6.96. The van der Waals surface area contributed by atoms with E-state index in [1.807, 2.05) is 29.7 Å². The zero-order valence-corrected chi connectivity index (χ0v) is 15.2. The lowest BCUT2D eigenvalue weighted by atomic mass is 9.90. The number of benzene rings is 1. The van der Waals surface area contributed by atoms with E-state index >= 15 is 0 Å². The third-order valence-corrected chi connectivity index (χ3v) is 5.96. The number of hydrogen-bond acceptors (Lipinski definition) is 4. The molecule has 5 nitrogen and oxygen atoms in total. The Morgan fingerprint density at radius 3 is 2.88 bits per heavy atom. The number of carbonyl (C=O) groups excluding carboxylic acids is 1. The van der Waals surface area contributed by atoms with E-state index in [-0.39, 0.29) is 12.5 Å². The second-order valence-electron chi connectivity index (χ2n) is 6.76. The van der Waals surface area contributed by atoms with Gasteiger partial charge in [0, 0.05) is 17.1 Å². The number of para-hydroxylation sites is 1. The molecule has 0 spiro atoms. The lowest BCUT2D eigenvalue weighted by Crippen LogP contribution is -2.19. The topological polar surface area (TPSA) is 59.8 Å². The van der Waals surface area contributed by atoms with Gasteiger partial charge < -0.3 is 4.57 Å². The van der Waals surface area contributed by atoms with Crippen LogP contribution in [0.5, 0.6) is 0 Å². The molecule has 0 atom stereocenters. The summed E-state index contributed by atoms with van der Waals surface area (Å²) in [4.78, 5) is 12.5. The summed E-state index contributed by atoms with van der Waals surface area (Å²) in [5.41, 5.74) is 2.16. The summed E-state index contributed by atoms with van der Waals surface area (Å²) in [6.07, 6.45) is 6.25. The number of fused-ring (bicyclic) bond motifs is 1. The number of carbonyl (C=O) groups is 1. The van der Waals surface area contributed by atoms with Crippen LogP contribution < -0.4 is 5.32 Å². The van der Waals surface area contributed by atoms with Crippen LogP contribution >= 0.6 is 11.3 Å². The van der Waals surface area contributed by atoms with Gasteiger partial charge in [0.1, 0.15) is 11.6 Å². The minimum atomic E-state index is -0.0594. The Morgan fingerprint density at radius 2 is 2.04 bits per heavy atom. The number of rotatable bonds is 4. The summed E-state index contributed by atoms with van der Waals surface area (Å²) in [5, 5.41) is 14.2. The SMILES string of the molecule is Cc1cc2ccccc2n1CC(=O)Nc1nnc(C2CCCCC2)s1. The van der Waals surface area contributed by atoms with Gasteiger partial charge in [0.05, 0.1) is 0 Å². The predicted molar refractivity (Wildman–Crippen MR) is 101 cm³/mol. The molecule has 1 fully saturated rings. The highest BCUT2D eigenvalue weighted by Crippen LogP contribution is 2.35. The molecule has 0 radical (unpaired) electrons. The first-order valence-electron chi connectivity index (χ1n) is 8.89. The first-order valence-corrected chi connectivity index (χ1v) is 9.70. The van der Waals surface area contributed by atoms with Crippen LogP contribution in [0.3, 0.4) is 0 Å². The van der Waals surface area contributed by atoms with Gasteiger partial charge in [-0.15, -0.1) is 10.2 Å². The number of anilines is 1. The van der Waals surface area contributed by atoms with Crippen molar-refractivity contribution in [2.75, 3.05) is 5.32 Å².